The summed E-state index contributed by atoms with van der Waals surface area (Å²) in [7, 11) is -3.80. The number of benzene rings is 2. The Bertz CT molecular complexity index is 1370. The number of halogens is 2. The highest BCUT2D eigenvalue weighted by atomic mass is 35.5. The molecular formula is C22H21Cl2N5O6S. The van der Waals surface area contributed by atoms with Crippen LogP contribution in [0.4, 0.5) is 10.8 Å². The summed E-state index contributed by atoms with van der Waals surface area (Å²) >= 11 is 12.0. The third kappa shape index (κ3) is 5.62. The predicted molar refractivity (Wildman–Crippen MR) is 132 cm³/mol. The van der Waals surface area contributed by atoms with Crippen molar-refractivity contribution in [1.29, 1.82) is 0 Å². The number of anilines is 1. The van der Waals surface area contributed by atoms with Crippen LogP contribution in [0.15, 0.2) is 51.8 Å². The van der Waals surface area contributed by atoms with Gasteiger partial charge in [0.05, 0.1) is 22.1 Å². The molecule has 0 saturated carbocycles. The van der Waals surface area contributed by atoms with Gasteiger partial charge >= 0.3 is 12.1 Å². The number of amides is 2. The lowest BCUT2D eigenvalue weighted by Crippen LogP contribution is -2.50. The molecule has 190 valence electrons. The highest BCUT2D eigenvalue weighted by Gasteiger charge is 2.30. The molecule has 1 aromatic heterocycles. The second-order valence-electron chi connectivity index (χ2n) is 7.61. The summed E-state index contributed by atoms with van der Waals surface area (Å²) in [6, 6.07) is 10.0. The summed E-state index contributed by atoms with van der Waals surface area (Å²) in [4.78, 5) is 25.9. The second-order valence-corrected chi connectivity index (χ2v) is 10.4. The summed E-state index contributed by atoms with van der Waals surface area (Å²) in [5, 5.41) is 10.9. The number of carbonyl (C=O) groups excluding carboxylic acids is 2. The first kappa shape index (κ1) is 25.9. The molecule has 4 rings (SSSR count). The first-order valence-electron chi connectivity index (χ1n) is 10.8. The molecule has 3 aromatic rings. The van der Waals surface area contributed by atoms with Crippen molar-refractivity contribution in [2.24, 2.45) is 0 Å². The number of ether oxygens (including phenoxy) is 1. The number of carbonyl (C=O) groups is 2. The molecule has 0 spiro atoms. The van der Waals surface area contributed by atoms with Gasteiger partial charge in [0.15, 0.2) is 0 Å². The number of aromatic nitrogens is 2. The predicted octanol–water partition coefficient (Wildman–Crippen LogP) is 3.76. The van der Waals surface area contributed by atoms with Gasteiger partial charge in [-0.2, -0.15) is 4.31 Å². The zero-order valence-electron chi connectivity index (χ0n) is 19.0. The monoisotopic (exact) mass is 553 g/mol. The summed E-state index contributed by atoms with van der Waals surface area (Å²) in [5.74, 6) is -0.476. The average Bonchev–Trinajstić information content (AvgIpc) is 3.32. The van der Waals surface area contributed by atoms with Crippen molar-refractivity contribution < 1.29 is 27.2 Å². The molecular weight excluding hydrogens is 533 g/mol. The van der Waals surface area contributed by atoms with Crippen LogP contribution in [0.5, 0.6) is 0 Å². The third-order valence-electron chi connectivity index (χ3n) is 5.33. The van der Waals surface area contributed by atoms with E-state index in [1.807, 2.05) is 0 Å². The van der Waals surface area contributed by atoms with E-state index in [-0.39, 0.29) is 55.2 Å². The Hall–Kier alpha value is -3.19. The molecule has 2 amide bonds. The summed E-state index contributed by atoms with van der Waals surface area (Å²) in [6.45, 7) is 2.69. The van der Waals surface area contributed by atoms with Crippen LogP contribution in [0.1, 0.15) is 17.3 Å². The van der Waals surface area contributed by atoms with Gasteiger partial charge < -0.3 is 14.1 Å². The molecule has 0 radical (unpaired) electrons. The number of nitrogens with one attached hydrogen (secondary N) is 1. The van der Waals surface area contributed by atoms with Gasteiger partial charge in [0.2, 0.25) is 10.0 Å². The zero-order valence-corrected chi connectivity index (χ0v) is 21.3. The molecule has 36 heavy (non-hydrogen) atoms. The zero-order chi connectivity index (χ0) is 25.9. The number of nitrogens with zero attached hydrogens (tertiary/aromatic N) is 4. The highest BCUT2D eigenvalue weighted by Crippen LogP contribution is 2.30. The van der Waals surface area contributed by atoms with Crippen LogP contribution in [-0.4, -0.2) is 72.6 Å². The number of hydrogen-bond acceptors (Lipinski definition) is 8. The van der Waals surface area contributed by atoms with Crippen LogP contribution in [0.25, 0.3) is 11.5 Å². The minimum Gasteiger partial charge on any atom is -0.450 e. The van der Waals surface area contributed by atoms with Crippen LogP contribution in [0.2, 0.25) is 10.0 Å². The van der Waals surface area contributed by atoms with Crippen molar-refractivity contribution in [1.82, 2.24) is 19.4 Å². The smallest absolute Gasteiger partial charge is 0.409 e. The minimum absolute atomic E-state index is 0.0288. The van der Waals surface area contributed by atoms with E-state index in [1.165, 1.54) is 39.5 Å². The molecule has 1 aliphatic rings. The summed E-state index contributed by atoms with van der Waals surface area (Å²) < 4.78 is 37.7. The first-order valence-corrected chi connectivity index (χ1v) is 13.0. The Morgan fingerprint density at radius 2 is 1.75 bits per heavy atom. The van der Waals surface area contributed by atoms with Crippen molar-refractivity contribution in [3.8, 4) is 11.5 Å². The van der Waals surface area contributed by atoms with Gasteiger partial charge in [0.25, 0.3) is 11.8 Å². The number of piperazine rings is 1. The lowest BCUT2D eigenvalue weighted by molar-refractivity contribution is 0.0933. The molecule has 2 heterocycles. The van der Waals surface area contributed by atoms with E-state index in [2.05, 4.69) is 15.5 Å². The number of sulfonamides is 1. The van der Waals surface area contributed by atoms with E-state index in [4.69, 9.17) is 32.4 Å². The minimum atomic E-state index is -3.80. The van der Waals surface area contributed by atoms with Crippen molar-refractivity contribution in [3.63, 3.8) is 0 Å². The van der Waals surface area contributed by atoms with E-state index in [0.29, 0.717) is 15.6 Å². The summed E-state index contributed by atoms with van der Waals surface area (Å²) in [5.41, 5.74) is 0.636. The SMILES string of the molecule is CCOC(=O)N1CCN(S(=O)(=O)c2ccc(C(=O)Nc3nnc(-c4ccc(Cl)cc4Cl)o3)cc2)CC1. The molecule has 2 aromatic carbocycles. The third-order valence-corrected chi connectivity index (χ3v) is 7.79. The molecule has 14 heteroatoms. The second kappa shape index (κ2) is 10.8. The molecule has 0 atom stereocenters. The lowest BCUT2D eigenvalue weighted by atomic mass is 10.2. The Balaban J connectivity index is 1.39. The maximum Gasteiger partial charge on any atom is 0.409 e. The molecule has 0 unspecified atom stereocenters. The fourth-order valence-electron chi connectivity index (χ4n) is 3.47. The first-order chi connectivity index (χ1) is 17.2. The van der Waals surface area contributed by atoms with Gasteiger partial charge in [0, 0.05) is 36.8 Å². The van der Waals surface area contributed by atoms with Gasteiger partial charge in [0.1, 0.15) is 0 Å². The quantitative estimate of drug-likeness (QED) is 0.487. The van der Waals surface area contributed by atoms with E-state index in [9.17, 15) is 18.0 Å². The topological polar surface area (TPSA) is 135 Å². The Morgan fingerprint density at radius 1 is 1.06 bits per heavy atom. The van der Waals surface area contributed by atoms with E-state index < -0.39 is 22.0 Å². The van der Waals surface area contributed by atoms with Gasteiger partial charge in [-0.25, -0.2) is 13.2 Å². The standard InChI is InChI=1S/C22H21Cl2N5O6S/c1-2-34-22(31)28-9-11-29(12-10-28)36(32,33)16-6-3-14(4-7-16)19(30)25-21-27-26-20(35-21)17-8-5-15(23)13-18(17)24/h3-8,13H,2,9-12H2,1H3,(H,25,27,30). The van der Waals surface area contributed by atoms with Crippen LogP contribution in [-0.2, 0) is 14.8 Å². The van der Waals surface area contributed by atoms with Gasteiger partial charge in [-0.3, -0.25) is 10.1 Å². The van der Waals surface area contributed by atoms with Crippen LogP contribution < -0.4 is 5.32 Å². The van der Waals surface area contributed by atoms with Crippen molar-refractivity contribution in [3.05, 3.63) is 58.1 Å². The van der Waals surface area contributed by atoms with E-state index in [0.717, 1.165) is 0 Å². The van der Waals surface area contributed by atoms with Gasteiger partial charge in [-0.1, -0.05) is 28.3 Å². The Kier molecular flexibility index (Phi) is 7.79. The molecule has 0 bridgehead atoms. The fraction of sp³-hybridized carbons (Fsp3) is 0.273. The van der Waals surface area contributed by atoms with Crippen LogP contribution in [0.3, 0.4) is 0 Å². The highest BCUT2D eigenvalue weighted by molar-refractivity contribution is 7.89. The lowest BCUT2D eigenvalue weighted by Gasteiger charge is -2.33. The maximum absolute atomic E-state index is 13.0. The van der Waals surface area contributed by atoms with Crippen molar-refractivity contribution >= 4 is 51.2 Å². The largest absolute Gasteiger partial charge is 0.450 e. The molecule has 11 nitrogen and oxygen atoms in total. The van der Waals surface area contributed by atoms with Crippen molar-refractivity contribution in [2.45, 2.75) is 11.8 Å². The van der Waals surface area contributed by atoms with E-state index in [1.54, 1.807) is 19.1 Å². The molecule has 1 N–H and O–H groups in total. The Labute approximate surface area is 217 Å². The van der Waals surface area contributed by atoms with Gasteiger partial charge in [-0.15, -0.1) is 5.10 Å². The van der Waals surface area contributed by atoms with Crippen molar-refractivity contribution in [2.75, 3.05) is 38.1 Å². The average molecular weight is 554 g/mol. The Morgan fingerprint density at radius 3 is 2.39 bits per heavy atom. The molecule has 0 aliphatic carbocycles. The normalized spacial score (nSPS) is 14.5. The molecule has 1 aliphatic heterocycles. The maximum atomic E-state index is 13.0. The van der Waals surface area contributed by atoms with E-state index >= 15 is 0 Å². The fourth-order valence-corrected chi connectivity index (χ4v) is 5.38. The number of rotatable bonds is 6. The van der Waals surface area contributed by atoms with Crippen LogP contribution >= 0.6 is 23.2 Å². The molecule has 1 saturated heterocycles. The van der Waals surface area contributed by atoms with Crippen LogP contribution in [0, 0.1) is 0 Å². The summed E-state index contributed by atoms with van der Waals surface area (Å²) in [6.07, 6.45) is -0.463. The number of hydrogen-bond donors (Lipinski definition) is 1. The van der Waals surface area contributed by atoms with Gasteiger partial charge in [-0.05, 0) is 49.4 Å². The molecule has 1 fully saturated rings.